The molecule has 5 nitrogen and oxygen atoms in total. The minimum Gasteiger partial charge on any atom is -0.505 e. The summed E-state index contributed by atoms with van der Waals surface area (Å²) in [5, 5.41) is 11.6. The van der Waals surface area contributed by atoms with Crippen molar-refractivity contribution < 1.29 is 14.6 Å². The Hall–Kier alpha value is -1.66. The van der Waals surface area contributed by atoms with Gasteiger partial charge in [-0.2, -0.15) is 0 Å². The molecule has 0 atom stereocenters. The second-order valence-corrected chi connectivity index (χ2v) is 5.59. The molecule has 0 spiro atoms. The number of hydrogen-bond acceptors (Lipinski definition) is 5. The quantitative estimate of drug-likeness (QED) is 0.871. The van der Waals surface area contributed by atoms with Crippen molar-refractivity contribution in [2.24, 2.45) is 0 Å². The lowest BCUT2D eigenvalue weighted by atomic mass is 10.1. The highest BCUT2D eigenvalue weighted by atomic mass is 79.9. The zero-order chi connectivity index (χ0) is 14.9. The van der Waals surface area contributed by atoms with Crippen LogP contribution in [0.1, 0.15) is 16.2 Å². The number of pyridine rings is 1. The Kier molecular flexibility index (Phi) is 4.25. The van der Waals surface area contributed by atoms with Crippen molar-refractivity contribution in [1.29, 1.82) is 0 Å². The van der Waals surface area contributed by atoms with Crippen LogP contribution in [0.5, 0.6) is 5.75 Å². The van der Waals surface area contributed by atoms with Crippen molar-refractivity contribution in [3.63, 3.8) is 0 Å². The normalized spacial score (nSPS) is 11.1. The molecule has 0 aliphatic carbocycles. The molecule has 1 aromatic heterocycles. The summed E-state index contributed by atoms with van der Waals surface area (Å²) in [7, 11) is 5.09. The van der Waals surface area contributed by atoms with Crippen molar-refractivity contribution in [1.82, 2.24) is 9.88 Å². The van der Waals surface area contributed by atoms with Crippen molar-refractivity contribution in [3.8, 4) is 5.75 Å². The Bertz CT molecular complexity index is 671. The standard InChI is InChI=1S/C14H15BrN2O3/c1-17(2)7-11-10-6-8(15)4-5-9(10)13(18)12(16-11)14(19)20-3/h4-6,18H,7H2,1-3H3. The van der Waals surface area contributed by atoms with E-state index in [1.165, 1.54) is 7.11 Å². The molecule has 0 amide bonds. The summed E-state index contributed by atoms with van der Waals surface area (Å²) in [6.07, 6.45) is 0. The highest BCUT2D eigenvalue weighted by Gasteiger charge is 2.19. The summed E-state index contributed by atoms with van der Waals surface area (Å²) in [6, 6.07) is 5.44. The van der Waals surface area contributed by atoms with Gasteiger partial charge in [0.2, 0.25) is 0 Å². The van der Waals surface area contributed by atoms with Gasteiger partial charge in [0.25, 0.3) is 0 Å². The maximum atomic E-state index is 11.7. The van der Waals surface area contributed by atoms with Crippen LogP contribution in [0.2, 0.25) is 0 Å². The monoisotopic (exact) mass is 338 g/mol. The SMILES string of the molecule is COC(=O)c1nc(CN(C)C)c2cc(Br)ccc2c1O. The van der Waals surface area contributed by atoms with Gasteiger partial charge in [0.05, 0.1) is 12.8 Å². The lowest BCUT2D eigenvalue weighted by Gasteiger charge is -2.14. The maximum Gasteiger partial charge on any atom is 0.360 e. The first-order valence-corrected chi connectivity index (χ1v) is 6.77. The number of carbonyl (C=O) groups excluding carboxylic acids is 1. The Morgan fingerprint density at radius 2 is 2.10 bits per heavy atom. The molecule has 0 saturated heterocycles. The number of hydrogen-bond donors (Lipinski definition) is 1. The summed E-state index contributed by atoms with van der Waals surface area (Å²) in [6.45, 7) is 0.553. The largest absolute Gasteiger partial charge is 0.505 e. The average Bonchev–Trinajstić information content (AvgIpc) is 2.40. The molecule has 20 heavy (non-hydrogen) atoms. The van der Waals surface area contributed by atoms with E-state index in [4.69, 9.17) is 0 Å². The number of halogens is 1. The van der Waals surface area contributed by atoms with Crippen LogP contribution < -0.4 is 0 Å². The average molecular weight is 339 g/mol. The number of carbonyl (C=O) groups is 1. The fourth-order valence-corrected chi connectivity index (χ4v) is 2.36. The van der Waals surface area contributed by atoms with E-state index in [0.717, 1.165) is 9.86 Å². The minimum absolute atomic E-state index is 0.0563. The van der Waals surface area contributed by atoms with E-state index < -0.39 is 5.97 Å². The van der Waals surface area contributed by atoms with Gasteiger partial charge in [-0.15, -0.1) is 0 Å². The van der Waals surface area contributed by atoms with Crippen molar-refractivity contribution in [2.75, 3.05) is 21.2 Å². The van der Waals surface area contributed by atoms with E-state index in [1.807, 2.05) is 31.1 Å². The predicted molar refractivity (Wildman–Crippen MR) is 79.8 cm³/mol. The Morgan fingerprint density at radius 1 is 1.40 bits per heavy atom. The van der Waals surface area contributed by atoms with Gasteiger partial charge in [-0.25, -0.2) is 9.78 Å². The van der Waals surface area contributed by atoms with Gasteiger partial charge in [0, 0.05) is 21.8 Å². The van der Waals surface area contributed by atoms with Crippen LogP contribution in [-0.4, -0.2) is 42.2 Å². The molecule has 6 heteroatoms. The third kappa shape index (κ3) is 2.76. The van der Waals surface area contributed by atoms with Gasteiger partial charge in [-0.05, 0) is 32.3 Å². The number of methoxy groups -OCH3 is 1. The molecule has 2 aromatic rings. The zero-order valence-corrected chi connectivity index (χ0v) is 13.1. The molecular weight excluding hydrogens is 324 g/mol. The maximum absolute atomic E-state index is 11.7. The summed E-state index contributed by atoms with van der Waals surface area (Å²) in [4.78, 5) is 17.9. The molecule has 0 radical (unpaired) electrons. The lowest BCUT2D eigenvalue weighted by Crippen LogP contribution is -2.15. The first-order valence-electron chi connectivity index (χ1n) is 5.98. The van der Waals surface area contributed by atoms with Crippen molar-refractivity contribution in [3.05, 3.63) is 34.1 Å². The molecule has 0 bridgehead atoms. The highest BCUT2D eigenvalue weighted by molar-refractivity contribution is 9.10. The van der Waals surface area contributed by atoms with Gasteiger partial charge in [-0.3, -0.25) is 0 Å². The van der Waals surface area contributed by atoms with Crippen LogP contribution in [0, 0.1) is 0 Å². The molecule has 106 valence electrons. The van der Waals surface area contributed by atoms with Crippen LogP contribution >= 0.6 is 15.9 Å². The van der Waals surface area contributed by atoms with Gasteiger partial charge in [-0.1, -0.05) is 15.9 Å². The number of fused-ring (bicyclic) bond motifs is 1. The minimum atomic E-state index is -0.646. The van der Waals surface area contributed by atoms with Crippen LogP contribution in [-0.2, 0) is 11.3 Å². The first-order chi connectivity index (χ1) is 9.43. The van der Waals surface area contributed by atoms with Crippen LogP contribution in [0.4, 0.5) is 0 Å². The first kappa shape index (κ1) is 14.7. The molecule has 0 fully saturated rings. The molecule has 1 aromatic carbocycles. The number of benzene rings is 1. The smallest absolute Gasteiger partial charge is 0.360 e. The molecule has 2 rings (SSSR count). The van der Waals surface area contributed by atoms with E-state index in [0.29, 0.717) is 17.6 Å². The zero-order valence-electron chi connectivity index (χ0n) is 11.5. The number of aromatic nitrogens is 1. The van der Waals surface area contributed by atoms with Crippen LogP contribution in [0.3, 0.4) is 0 Å². The molecule has 0 saturated carbocycles. The van der Waals surface area contributed by atoms with E-state index >= 15 is 0 Å². The second-order valence-electron chi connectivity index (χ2n) is 4.67. The highest BCUT2D eigenvalue weighted by Crippen LogP contribution is 2.32. The predicted octanol–water partition coefficient (Wildman–Crippen LogP) is 2.55. The Balaban J connectivity index is 2.76. The van der Waals surface area contributed by atoms with Crippen LogP contribution in [0.15, 0.2) is 22.7 Å². The van der Waals surface area contributed by atoms with Gasteiger partial charge in [0.1, 0.15) is 0 Å². The second kappa shape index (κ2) is 5.76. The Morgan fingerprint density at radius 3 is 2.70 bits per heavy atom. The number of nitrogens with zero attached hydrogens (tertiary/aromatic N) is 2. The van der Waals surface area contributed by atoms with Crippen LogP contribution in [0.25, 0.3) is 10.8 Å². The molecule has 0 aliphatic heterocycles. The molecule has 0 unspecified atom stereocenters. The number of aromatic hydroxyl groups is 1. The van der Waals surface area contributed by atoms with Crippen molar-refractivity contribution in [2.45, 2.75) is 6.54 Å². The van der Waals surface area contributed by atoms with Gasteiger partial charge in [0.15, 0.2) is 11.4 Å². The lowest BCUT2D eigenvalue weighted by molar-refractivity contribution is 0.0590. The third-order valence-electron chi connectivity index (χ3n) is 2.86. The summed E-state index contributed by atoms with van der Waals surface area (Å²) in [5.41, 5.74) is 0.656. The Labute approximate surface area is 125 Å². The molecule has 0 aliphatic rings. The van der Waals surface area contributed by atoms with Gasteiger partial charge < -0.3 is 14.7 Å². The summed E-state index contributed by atoms with van der Waals surface area (Å²) in [5.74, 6) is -0.797. The molecule has 1 heterocycles. The topological polar surface area (TPSA) is 62.7 Å². The van der Waals surface area contributed by atoms with Gasteiger partial charge >= 0.3 is 5.97 Å². The fourth-order valence-electron chi connectivity index (χ4n) is 2.00. The van der Waals surface area contributed by atoms with E-state index in [-0.39, 0.29) is 11.4 Å². The third-order valence-corrected chi connectivity index (χ3v) is 3.36. The van der Waals surface area contributed by atoms with E-state index in [1.54, 1.807) is 6.07 Å². The summed E-state index contributed by atoms with van der Waals surface area (Å²) < 4.78 is 5.55. The molecule has 1 N–H and O–H groups in total. The number of rotatable bonds is 3. The van der Waals surface area contributed by atoms with E-state index in [2.05, 4.69) is 25.7 Å². The van der Waals surface area contributed by atoms with E-state index in [9.17, 15) is 9.90 Å². The summed E-state index contributed by atoms with van der Waals surface area (Å²) >= 11 is 3.40. The number of ether oxygens (including phenoxy) is 1. The fraction of sp³-hybridized carbons (Fsp3) is 0.286. The molecular formula is C14H15BrN2O3. The van der Waals surface area contributed by atoms with Crippen molar-refractivity contribution >= 4 is 32.7 Å². The number of esters is 1.